The van der Waals surface area contributed by atoms with Crippen LogP contribution in [-0.2, 0) is 33.4 Å². The molecule has 7 fully saturated rings. The van der Waals surface area contributed by atoms with E-state index >= 15 is 0 Å². The third kappa shape index (κ3) is 3.31. The number of nitrogens with zero attached hydrogens (tertiary/aromatic N) is 1. The Morgan fingerprint density at radius 2 is 1.77 bits per heavy atom. The highest BCUT2D eigenvalue weighted by molar-refractivity contribution is 5.83. The van der Waals surface area contributed by atoms with E-state index < -0.39 is 11.2 Å². The summed E-state index contributed by atoms with van der Waals surface area (Å²) < 4.78 is 19.7. The normalized spacial score (nSPS) is 55.6. The molecule has 8 nitrogen and oxygen atoms in total. The van der Waals surface area contributed by atoms with Gasteiger partial charge in [0.05, 0.1) is 12.1 Å². The van der Waals surface area contributed by atoms with Crippen LogP contribution in [0.25, 0.3) is 0 Å². The van der Waals surface area contributed by atoms with E-state index in [9.17, 15) is 14.4 Å². The summed E-state index contributed by atoms with van der Waals surface area (Å²) in [6, 6.07) is 0.0310. The number of hydrogen-bond donors (Lipinski definition) is 0. The third-order valence-electron chi connectivity index (χ3n) is 12.9. The van der Waals surface area contributed by atoms with E-state index in [0.717, 1.165) is 45.1 Å². The molecule has 0 aromatic rings. The number of Topliss-reactive ketones (excluding diaryl/α,β-unsaturated/α-hetero) is 1. The number of epoxide rings is 1. The number of carbonyl (C=O) groups excluding carboxylic acids is 3. The number of esters is 1. The second kappa shape index (κ2) is 8.28. The Kier molecular flexibility index (Phi) is 5.61. The van der Waals surface area contributed by atoms with Crippen LogP contribution in [0.4, 0.5) is 0 Å². The zero-order valence-corrected chi connectivity index (χ0v) is 24.4. The molecule has 216 valence electrons. The molecule has 8 heteroatoms. The van der Waals surface area contributed by atoms with Crippen molar-refractivity contribution in [3.05, 3.63) is 0 Å². The average Bonchev–Trinajstić information content (AvgIpc) is 3.19. The Morgan fingerprint density at radius 3 is 2.49 bits per heavy atom. The molecular formula is C31H45NO7. The Balaban J connectivity index is 1.18. The molecule has 4 saturated carbocycles. The van der Waals surface area contributed by atoms with Crippen LogP contribution in [0, 0.1) is 40.9 Å². The summed E-state index contributed by atoms with van der Waals surface area (Å²) in [5.74, 6) is 1.46. The molecular weight excluding hydrogens is 498 g/mol. The van der Waals surface area contributed by atoms with Gasteiger partial charge in [0, 0.05) is 38.6 Å². The fourth-order valence-corrected chi connectivity index (χ4v) is 11.4. The van der Waals surface area contributed by atoms with Crippen LogP contribution in [-0.4, -0.2) is 64.4 Å². The molecule has 0 radical (unpaired) electrons. The topological polar surface area (TPSA) is 94.7 Å². The fraction of sp³-hybridized carbons (Fsp3) is 0.903. The number of hydroxylamine groups is 2. The number of piperidine rings is 1. The molecule has 39 heavy (non-hydrogen) atoms. The van der Waals surface area contributed by atoms with Crippen molar-refractivity contribution in [3.63, 3.8) is 0 Å². The molecule has 2 spiro atoms. The minimum absolute atomic E-state index is 0.0152. The maximum atomic E-state index is 13.7. The minimum atomic E-state index is -0.425. The first-order valence-electron chi connectivity index (χ1n) is 15.4. The van der Waals surface area contributed by atoms with Crippen LogP contribution in [0.5, 0.6) is 0 Å². The van der Waals surface area contributed by atoms with Crippen LogP contribution in [0.3, 0.4) is 0 Å². The maximum absolute atomic E-state index is 13.7. The van der Waals surface area contributed by atoms with Crippen molar-refractivity contribution in [1.29, 1.82) is 0 Å². The van der Waals surface area contributed by atoms with E-state index in [4.69, 9.17) is 19.0 Å². The minimum Gasteiger partial charge on any atom is -0.463 e. The summed E-state index contributed by atoms with van der Waals surface area (Å²) in [6.07, 6.45) is 6.76. The zero-order valence-electron chi connectivity index (χ0n) is 24.4. The maximum Gasteiger partial charge on any atom is 0.322 e. The summed E-state index contributed by atoms with van der Waals surface area (Å²) in [5.41, 5.74) is -1.18. The van der Waals surface area contributed by atoms with Crippen molar-refractivity contribution in [2.75, 3.05) is 6.54 Å². The molecule has 13 atom stereocenters. The lowest BCUT2D eigenvalue weighted by molar-refractivity contribution is -0.220. The monoisotopic (exact) mass is 543 g/mol. The second-order valence-corrected chi connectivity index (χ2v) is 14.7. The average molecular weight is 544 g/mol. The Labute approximate surface area is 231 Å². The highest BCUT2D eigenvalue weighted by atomic mass is 16.7. The van der Waals surface area contributed by atoms with E-state index in [2.05, 4.69) is 27.7 Å². The van der Waals surface area contributed by atoms with Crippen molar-refractivity contribution in [2.24, 2.45) is 40.9 Å². The lowest BCUT2D eigenvalue weighted by atomic mass is 9.51. The molecule has 0 aromatic carbocycles. The van der Waals surface area contributed by atoms with Crippen molar-refractivity contribution >= 4 is 17.7 Å². The molecule has 7 unspecified atom stereocenters. The SMILES string of the molecule is CC(=O)O[C@H]1CC[C@@]2(C)[C@H](C1)C(=O)C[C@H]1[C@@H]3CCC4(OC5CC(C)CN(OC(C)=O)C5C4C)C4(C)OC34C[C@@H]12. The second-order valence-electron chi connectivity index (χ2n) is 14.7. The van der Waals surface area contributed by atoms with Crippen LogP contribution in [0.2, 0.25) is 0 Å². The van der Waals surface area contributed by atoms with E-state index in [-0.39, 0.29) is 53.0 Å². The molecule has 7 rings (SSSR count). The fourth-order valence-electron chi connectivity index (χ4n) is 11.4. The predicted octanol–water partition coefficient (Wildman–Crippen LogP) is 4.23. The predicted molar refractivity (Wildman–Crippen MR) is 140 cm³/mol. The van der Waals surface area contributed by atoms with Gasteiger partial charge in [0.25, 0.3) is 0 Å². The first kappa shape index (κ1) is 26.4. The number of ketones is 1. The molecule has 3 saturated heterocycles. The summed E-state index contributed by atoms with van der Waals surface area (Å²) in [4.78, 5) is 43.0. The van der Waals surface area contributed by atoms with E-state index in [1.165, 1.54) is 13.8 Å². The van der Waals surface area contributed by atoms with Crippen LogP contribution >= 0.6 is 0 Å². The summed E-state index contributed by atoms with van der Waals surface area (Å²) in [6.45, 7) is 12.8. The molecule has 3 aliphatic heterocycles. The summed E-state index contributed by atoms with van der Waals surface area (Å²) in [7, 11) is 0. The standard InChI is InChI=1S/C31H45NO7/c1-16-11-26-27(32(15-16)38-19(4)34)17(2)30(37-26)10-8-22-21-13-25(35)23-12-20(36-18(3)33)7-9-28(23,5)24(21)14-31(22)29(30,6)39-31/h16-17,20-24,26-27H,7-15H2,1-6H3/t16?,17?,20-,21-,22-,23+,24-,26?,27?,28-,29?,30?,31?/m0/s1. The Bertz CT molecular complexity index is 1110. The third-order valence-corrected chi connectivity index (χ3v) is 12.9. The first-order chi connectivity index (χ1) is 18.3. The Morgan fingerprint density at radius 1 is 1.00 bits per heavy atom. The summed E-state index contributed by atoms with van der Waals surface area (Å²) in [5, 5.41) is 1.91. The van der Waals surface area contributed by atoms with Gasteiger partial charge in [-0.1, -0.05) is 20.8 Å². The number of carbonyl (C=O) groups is 3. The van der Waals surface area contributed by atoms with E-state index in [0.29, 0.717) is 42.3 Å². The summed E-state index contributed by atoms with van der Waals surface area (Å²) >= 11 is 0. The van der Waals surface area contributed by atoms with Gasteiger partial charge in [-0.15, -0.1) is 5.06 Å². The molecule has 0 amide bonds. The van der Waals surface area contributed by atoms with Crippen molar-refractivity contribution in [1.82, 2.24) is 5.06 Å². The van der Waals surface area contributed by atoms with Crippen molar-refractivity contribution in [2.45, 2.75) is 128 Å². The van der Waals surface area contributed by atoms with Gasteiger partial charge < -0.3 is 19.0 Å². The molecule has 0 bridgehead atoms. The highest BCUT2D eigenvalue weighted by Gasteiger charge is 2.87. The zero-order chi connectivity index (χ0) is 27.7. The molecule has 0 aromatic heterocycles. The number of hydrogen-bond acceptors (Lipinski definition) is 8. The Hall–Kier alpha value is -1.51. The van der Waals surface area contributed by atoms with Gasteiger partial charge >= 0.3 is 11.9 Å². The molecule has 3 heterocycles. The van der Waals surface area contributed by atoms with Gasteiger partial charge in [0.15, 0.2) is 0 Å². The van der Waals surface area contributed by atoms with Gasteiger partial charge in [-0.2, -0.15) is 0 Å². The van der Waals surface area contributed by atoms with Gasteiger partial charge in [-0.05, 0) is 81.0 Å². The lowest BCUT2D eigenvalue weighted by Crippen LogP contribution is -2.58. The number of rotatable bonds is 2. The molecule has 4 aliphatic carbocycles. The van der Waals surface area contributed by atoms with Gasteiger partial charge in [-0.25, -0.2) is 0 Å². The number of ether oxygens (including phenoxy) is 3. The van der Waals surface area contributed by atoms with E-state index in [1.54, 1.807) is 0 Å². The quantitative estimate of drug-likeness (QED) is 0.377. The van der Waals surface area contributed by atoms with Crippen LogP contribution in [0.15, 0.2) is 0 Å². The van der Waals surface area contributed by atoms with E-state index in [1.807, 2.05) is 5.06 Å². The van der Waals surface area contributed by atoms with Crippen molar-refractivity contribution in [3.8, 4) is 0 Å². The smallest absolute Gasteiger partial charge is 0.322 e. The lowest BCUT2D eigenvalue weighted by Gasteiger charge is -2.52. The number of fused-ring (bicyclic) bond motifs is 6. The van der Waals surface area contributed by atoms with Crippen LogP contribution in [0.1, 0.15) is 92.9 Å². The first-order valence-corrected chi connectivity index (χ1v) is 15.4. The van der Waals surface area contributed by atoms with Gasteiger partial charge in [-0.3, -0.25) is 14.4 Å². The van der Waals surface area contributed by atoms with Crippen molar-refractivity contribution < 1.29 is 33.4 Å². The highest BCUT2D eigenvalue weighted by Crippen LogP contribution is 2.78. The molecule has 0 N–H and O–H groups in total. The van der Waals surface area contributed by atoms with Crippen LogP contribution < -0.4 is 0 Å². The largest absolute Gasteiger partial charge is 0.463 e. The van der Waals surface area contributed by atoms with Gasteiger partial charge in [0.2, 0.25) is 0 Å². The van der Waals surface area contributed by atoms with Gasteiger partial charge in [0.1, 0.15) is 28.7 Å². The molecule has 7 aliphatic rings.